The number of rotatable bonds is 9. The van der Waals surface area contributed by atoms with E-state index >= 15 is 0 Å². The van der Waals surface area contributed by atoms with Gasteiger partial charge < -0.3 is 9.47 Å². The minimum absolute atomic E-state index is 0.0199. The minimum Gasteiger partial charge on any atom is -0.445 e. The summed E-state index contributed by atoms with van der Waals surface area (Å²) in [6.45, 7) is 7.99. The maximum Gasteiger partial charge on any atom is 0.416 e. The Bertz CT molecular complexity index is 1680. The van der Waals surface area contributed by atoms with Crippen LogP contribution in [0.25, 0.3) is 4.85 Å². The Morgan fingerprint density at radius 3 is 2.02 bits per heavy atom. The Hall–Kier alpha value is -4.13. The number of alkyl halides is 6. The number of nitrogens with one attached hydrogen (secondary N) is 1. The van der Waals surface area contributed by atoms with Crippen LogP contribution in [0.5, 0.6) is 0 Å². The van der Waals surface area contributed by atoms with E-state index in [-0.39, 0.29) is 25.5 Å². The third kappa shape index (κ3) is 8.62. The zero-order valence-electron chi connectivity index (χ0n) is 25.2. The van der Waals surface area contributed by atoms with Crippen molar-refractivity contribution in [3.8, 4) is 0 Å². The van der Waals surface area contributed by atoms with Gasteiger partial charge in [0.15, 0.2) is 0 Å². The molecule has 1 N–H and O–H groups in total. The number of carbonyl (C=O) groups excluding carboxylic acids is 1. The molecular weight excluding hydrogens is 652 g/mol. The van der Waals surface area contributed by atoms with E-state index in [4.69, 9.17) is 16.0 Å². The summed E-state index contributed by atoms with van der Waals surface area (Å²) in [6.07, 6.45) is -11.8. The number of piperidine rings is 1. The number of sulfonamides is 1. The highest BCUT2D eigenvalue weighted by molar-refractivity contribution is 7.88. The van der Waals surface area contributed by atoms with Gasteiger partial charge in [-0.15, -0.1) is 4.72 Å². The molecule has 0 aliphatic carbocycles. The highest BCUT2D eigenvalue weighted by atomic mass is 32.2. The molecule has 8 nitrogen and oxygen atoms in total. The van der Waals surface area contributed by atoms with Crippen molar-refractivity contribution in [2.24, 2.45) is 0 Å². The molecular formula is C32H31F6N3O5S. The molecule has 4 rings (SSSR count). The first-order chi connectivity index (χ1) is 21.9. The largest absolute Gasteiger partial charge is 0.445 e. The Morgan fingerprint density at radius 2 is 1.51 bits per heavy atom. The smallest absolute Gasteiger partial charge is 0.416 e. The average Bonchev–Trinajstić information content (AvgIpc) is 3.02. The fourth-order valence-corrected chi connectivity index (χ4v) is 6.38. The fraction of sp³-hybridized carbons (Fsp3) is 0.375. The number of hydrogen-bond acceptors (Lipinski definition) is 5. The molecule has 3 aromatic carbocycles. The van der Waals surface area contributed by atoms with Gasteiger partial charge in [0.1, 0.15) is 13.2 Å². The molecule has 1 fully saturated rings. The summed E-state index contributed by atoms with van der Waals surface area (Å²) in [6, 6.07) is 18.1. The van der Waals surface area contributed by atoms with E-state index in [0.717, 1.165) is 11.2 Å². The molecule has 47 heavy (non-hydrogen) atoms. The minimum atomic E-state index is -5.07. The number of hydrogen-bond donors (Lipinski definition) is 1. The van der Waals surface area contributed by atoms with Crippen LogP contribution >= 0.6 is 0 Å². The van der Waals surface area contributed by atoms with Gasteiger partial charge in [-0.05, 0) is 48.2 Å². The van der Waals surface area contributed by atoms with Crippen molar-refractivity contribution in [3.63, 3.8) is 0 Å². The van der Waals surface area contributed by atoms with Crippen LogP contribution in [0.1, 0.15) is 53.7 Å². The number of amides is 1. The lowest BCUT2D eigenvalue weighted by atomic mass is 9.78. The summed E-state index contributed by atoms with van der Waals surface area (Å²) in [5.41, 5.74) is -5.61. The molecule has 1 aliphatic heterocycles. The second-order valence-electron chi connectivity index (χ2n) is 11.3. The Labute approximate surface area is 268 Å². The fourth-order valence-electron chi connectivity index (χ4n) is 5.47. The monoisotopic (exact) mass is 683 g/mol. The summed E-state index contributed by atoms with van der Waals surface area (Å²) in [4.78, 5) is 18.6. The molecule has 0 spiro atoms. The Balaban J connectivity index is 1.76. The van der Waals surface area contributed by atoms with Crippen molar-refractivity contribution >= 4 is 16.1 Å². The molecule has 252 valence electrons. The first kappa shape index (κ1) is 35.7. The summed E-state index contributed by atoms with van der Waals surface area (Å²) in [7, 11) is -3.95. The first-order valence-corrected chi connectivity index (χ1v) is 16.1. The van der Waals surface area contributed by atoms with Crippen LogP contribution in [0.2, 0.25) is 0 Å². The third-order valence-corrected chi connectivity index (χ3v) is 8.62. The van der Waals surface area contributed by atoms with Crippen molar-refractivity contribution in [2.45, 2.75) is 56.0 Å². The number of carbonyl (C=O) groups is 1. The first-order valence-electron chi connectivity index (χ1n) is 14.2. The van der Waals surface area contributed by atoms with E-state index < -0.39 is 75.6 Å². The summed E-state index contributed by atoms with van der Waals surface area (Å²) in [5.74, 6) is 0. The Kier molecular flexibility index (Phi) is 10.3. The summed E-state index contributed by atoms with van der Waals surface area (Å²) in [5, 5.41) is 0. The molecule has 0 bridgehead atoms. The molecule has 1 amide bonds. The van der Waals surface area contributed by atoms with Gasteiger partial charge in [0.05, 0.1) is 35.6 Å². The summed E-state index contributed by atoms with van der Waals surface area (Å²) < 4.78 is 120. The van der Waals surface area contributed by atoms with Gasteiger partial charge in [-0.2, -0.15) is 26.3 Å². The highest BCUT2D eigenvalue weighted by Gasteiger charge is 2.56. The van der Waals surface area contributed by atoms with Crippen LogP contribution in [0.3, 0.4) is 0 Å². The number of likely N-dealkylation sites (tertiary alicyclic amines) is 1. The average molecular weight is 684 g/mol. The Morgan fingerprint density at radius 1 is 0.957 bits per heavy atom. The van der Waals surface area contributed by atoms with Crippen molar-refractivity contribution in [2.75, 3.05) is 19.4 Å². The van der Waals surface area contributed by atoms with E-state index in [2.05, 4.69) is 9.57 Å². The van der Waals surface area contributed by atoms with Crippen LogP contribution in [-0.2, 0) is 44.0 Å². The molecule has 3 aromatic rings. The number of benzene rings is 3. The second kappa shape index (κ2) is 13.5. The van der Waals surface area contributed by atoms with Gasteiger partial charge in [0.25, 0.3) is 0 Å². The lowest BCUT2D eigenvalue weighted by Crippen LogP contribution is -2.65. The SMILES string of the molecule is [C-]#[N+][C@]1(NS(C)(=O)=O)CCC(CO[C@H](C)c2cc(C(F)(F)F)cc(C(F)(F)F)c2)(c2ccccc2)N(C(=O)OCc2ccccc2)C1. The van der Waals surface area contributed by atoms with E-state index in [9.17, 15) is 39.6 Å². The predicted molar refractivity (Wildman–Crippen MR) is 159 cm³/mol. The highest BCUT2D eigenvalue weighted by Crippen LogP contribution is 2.44. The van der Waals surface area contributed by atoms with Gasteiger partial charge in [-0.25, -0.2) is 19.8 Å². The van der Waals surface area contributed by atoms with Crippen molar-refractivity contribution in [1.29, 1.82) is 0 Å². The van der Waals surface area contributed by atoms with E-state index in [1.54, 1.807) is 60.7 Å². The van der Waals surface area contributed by atoms with Crippen molar-refractivity contribution in [3.05, 3.63) is 118 Å². The van der Waals surface area contributed by atoms with Crippen LogP contribution in [-0.4, -0.2) is 44.5 Å². The molecule has 0 aromatic heterocycles. The van der Waals surface area contributed by atoms with Gasteiger partial charge in [-0.3, -0.25) is 9.74 Å². The number of ether oxygens (including phenoxy) is 2. The maximum atomic E-state index is 13.9. The van der Waals surface area contributed by atoms with Gasteiger partial charge in [0, 0.05) is 6.42 Å². The quantitative estimate of drug-likeness (QED) is 0.189. The summed E-state index contributed by atoms with van der Waals surface area (Å²) >= 11 is 0. The van der Waals surface area contributed by atoms with Crippen LogP contribution in [0.4, 0.5) is 31.1 Å². The van der Waals surface area contributed by atoms with Crippen LogP contribution in [0.15, 0.2) is 78.9 Å². The van der Waals surface area contributed by atoms with Crippen LogP contribution < -0.4 is 4.72 Å². The topological polar surface area (TPSA) is 89.3 Å². The molecule has 0 saturated carbocycles. The standard InChI is InChI=1S/C32H31F6N3O5S/c1-22(24-16-26(31(33,34)35)18-27(17-24)32(36,37)38)46-21-29(25-12-8-5-9-13-25)14-15-30(39-2,40-47(3,43)44)20-41(29)28(42)45-19-23-10-6-4-7-11-23/h4-13,16-18,22,40H,14-15,19-21H2,1,3H3/t22-,29?,30+/m1/s1. The molecule has 15 heteroatoms. The van der Waals surface area contributed by atoms with E-state index in [1.807, 2.05) is 0 Å². The second-order valence-corrected chi connectivity index (χ2v) is 13.1. The molecule has 0 radical (unpaired) electrons. The van der Waals surface area contributed by atoms with E-state index in [0.29, 0.717) is 23.3 Å². The molecule has 1 aliphatic rings. The lowest BCUT2D eigenvalue weighted by molar-refractivity contribution is -0.143. The van der Waals surface area contributed by atoms with Crippen molar-refractivity contribution < 1.29 is 49.0 Å². The van der Waals surface area contributed by atoms with E-state index in [1.165, 1.54) is 6.92 Å². The molecule has 3 atom stereocenters. The lowest BCUT2D eigenvalue weighted by Gasteiger charge is -2.49. The molecule has 1 heterocycles. The molecule has 1 unspecified atom stereocenters. The van der Waals surface area contributed by atoms with Crippen LogP contribution in [0, 0.1) is 6.57 Å². The predicted octanol–water partition coefficient (Wildman–Crippen LogP) is 7.29. The maximum absolute atomic E-state index is 13.9. The number of nitrogens with zero attached hydrogens (tertiary/aromatic N) is 2. The third-order valence-electron chi connectivity index (χ3n) is 7.87. The molecule has 1 saturated heterocycles. The zero-order valence-corrected chi connectivity index (χ0v) is 26.0. The normalized spacial score (nSPS) is 21.1. The van der Waals surface area contributed by atoms with Gasteiger partial charge in [0.2, 0.25) is 10.0 Å². The van der Waals surface area contributed by atoms with Gasteiger partial charge in [-0.1, -0.05) is 60.7 Å². The van der Waals surface area contributed by atoms with Crippen molar-refractivity contribution in [1.82, 2.24) is 9.62 Å². The number of halogens is 6. The van der Waals surface area contributed by atoms with Gasteiger partial charge >= 0.3 is 24.1 Å². The zero-order chi connectivity index (χ0) is 34.7.